The van der Waals surface area contributed by atoms with E-state index in [1.807, 2.05) is 6.07 Å². The average molecular weight is 284 g/mol. The van der Waals surface area contributed by atoms with Gasteiger partial charge in [0.25, 0.3) is 0 Å². The van der Waals surface area contributed by atoms with Crippen LogP contribution in [0, 0.1) is 5.92 Å². The van der Waals surface area contributed by atoms with E-state index >= 15 is 0 Å². The van der Waals surface area contributed by atoms with Crippen LogP contribution in [0.5, 0.6) is 5.75 Å². The zero-order chi connectivity index (χ0) is 14.7. The molecule has 0 aliphatic heterocycles. The van der Waals surface area contributed by atoms with E-state index < -0.39 is 0 Å². The molecule has 0 heterocycles. The van der Waals surface area contributed by atoms with Gasteiger partial charge in [0, 0.05) is 12.6 Å². The maximum Gasteiger partial charge on any atom is 0.119 e. The second-order valence-electron chi connectivity index (χ2n) is 5.95. The molecule has 3 N–H and O–H groups in total. The van der Waals surface area contributed by atoms with Crippen molar-refractivity contribution in [1.82, 2.24) is 5.32 Å². The molecular weight excluding hydrogens is 260 g/mol. The van der Waals surface area contributed by atoms with Crippen LogP contribution in [0.2, 0.25) is 0 Å². The maximum atomic E-state index is 5.94. The summed E-state index contributed by atoms with van der Waals surface area (Å²) >= 11 is 0. The van der Waals surface area contributed by atoms with Gasteiger partial charge in [-0.25, -0.2) is 0 Å². The highest BCUT2D eigenvalue weighted by Gasteiger charge is 2.21. The molecule has 0 bridgehead atoms. The van der Waals surface area contributed by atoms with Crippen molar-refractivity contribution in [2.75, 3.05) is 20.2 Å². The fraction of sp³-hybridized carbons (Fsp3) is 0.444. The first-order chi connectivity index (χ1) is 10.3. The van der Waals surface area contributed by atoms with Crippen LogP contribution in [0.3, 0.4) is 0 Å². The van der Waals surface area contributed by atoms with Crippen LogP contribution < -0.4 is 15.8 Å². The molecule has 0 aromatic heterocycles. The van der Waals surface area contributed by atoms with E-state index in [4.69, 9.17) is 10.5 Å². The summed E-state index contributed by atoms with van der Waals surface area (Å²) in [4.78, 5) is 0. The lowest BCUT2D eigenvalue weighted by molar-refractivity contribution is 0.415. The van der Waals surface area contributed by atoms with Gasteiger partial charge in [-0.1, -0.05) is 31.0 Å². The smallest absolute Gasteiger partial charge is 0.119 e. The molecule has 1 unspecified atom stereocenters. The Hall–Kier alpha value is -1.58. The molecule has 112 valence electrons. The minimum Gasteiger partial charge on any atom is -0.497 e. The number of hydrogen-bond acceptors (Lipinski definition) is 3. The molecule has 1 aliphatic rings. The van der Waals surface area contributed by atoms with Gasteiger partial charge < -0.3 is 15.8 Å². The Morgan fingerprint density at radius 2 is 1.95 bits per heavy atom. The second kappa shape index (κ2) is 6.46. The van der Waals surface area contributed by atoms with Crippen LogP contribution in [0.1, 0.15) is 30.9 Å². The maximum absolute atomic E-state index is 5.94. The number of nitrogens with two attached hydrogens (primary N) is 1. The largest absolute Gasteiger partial charge is 0.497 e. The third-order valence-electron chi connectivity index (χ3n) is 4.35. The first-order valence-electron chi connectivity index (χ1n) is 7.81. The van der Waals surface area contributed by atoms with Crippen LogP contribution in [0.25, 0.3) is 10.8 Å². The van der Waals surface area contributed by atoms with Gasteiger partial charge >= 0.3 is 0 Å². The van der Waals surface area contributed by atoms with Crippen LogP contribution in [-0.2, 0) is 0 Å². The van der Waals surface area contributed by atoms with Crippen molar-refractivity contribution < 1.29 is 4.74 Å². The fourth-order valence-corrected chi connectivity index (χ4v) is 2.79. The number of hydrogen-bond donors (Lipinski definition) is 2. The molecule has 1 saturated carbocycles. The molecule has 0 spiro atoms. The molecule has 1 fully saturated rings. The highest BCUT2D eigenvalue weighted by molar-refractivity contribution is 5.84. The highest BCUT2D eigenvalue weighted by atomic mass is 16.5. The minimum absolute atomic E-state index is 0.246. The summed E-state index contributed by atoms with van der Waals surface area (Å²) < 4.78 is 5.27. The average Bonchev–Trinajstić information content (AvgIpc) is 3.35. The molecule has 3 nitrogen and oxygen atoms in total. The lowest BCUT2D eigenvalue weighted by Gasteiger charge is -2.18. The van der Waals surface area contributed by atoms with Gasteiger partial charge in [-0.15, -0.1) is 0 Å². The van der Waals surface area contributed by atoms with E-state index in [0.29, 0.717) is 6.54 Å². The van der Waals surface area contributed by atoms with Crippen LogP contribution in [0.15, 0.2) is 36.4 Å². The van der Waals surface area contributed by atoms with E-state index in [2.05, 4.69) is 35.6 Å². The molecule has 0 saturated heterocycles. The van der Waals surface area contributed by atoms with Gasteiger partial charge in [0.2, 0.25) is 0 Å². The standard InChI is InChI=1S/C18H24N2O/c1-21-17-7-6-14-10-16(5-4-15(14)11-17)18(12-19)20-9-8-13-2-3-13/h4-7,10-11,13,18,20H,2-3,8-9,12,19H2,1H3. The molecule has 2 aromatic rings. The number of nitrogens with one attached hydrogen (secondary N) is 1. The molecule has 1 atom stereocenters. The van der Waals surface area contributed by atoms with Crippen molar-refractivity contribution >= 4 is 10.8 Å². The van der Waals surface area contributed by atoms with Crippen LogP contribution in [0.4, 0.5) is 0 Å². The lowest BCUT2D eigenvalue weighted by atomic mass is 10.0. The van der Waals surface area contributed by atoms with E-state index in [9.17, 15) is 0 Å². The quantitative estimate of drug-likeness (QED) is 0.820. The monoisotopic (exact) mass is 284 g/mol. The molecule has 21 heavy (non-hydrogen) atoms. The number of benzene rings is 2. The van der Waals surface area contributed by atoms with Crippen molar-refractivity contribution in [3.8, 4) is 5.75 Å². The van der Waals surface area contributed by atoms with Crippen molar-refractivity contribution in [3.63, 3.8) is 0 Å². The van der Waals surface area contributed by atoms with E-state index in [0.717, 1.165) is 18.2 Å². The topological polar surface area (TPSA) is 47.3 Å². The number of rotatable bonds is 7. The fourth-order valence-electron chi connectivity index (χ4n) is 2.79. The van der Waals surface area contributed by atoms with E-state index in [-0.39, 0.29) is 6.04 Å². The van der Waals surface area contributed by atoms with Crippen LogP contribution in [-0.4, -0.2) is 20.2 Å². The molecule has 0 radical (unpaired) electrons. The Labute approximate surface area is 126 Å². The summed E-state index contributed by atoms with van der Waals surface area (Å²) in [5.41, 5.74) is 7.21. The lowest BCUT2D eigenvalue weighted by Crippen LogP contribution is -2.29. The third-order valence-corrected chi connectivity index (χ3v) is 4.35. The van der Waals surface area contributed by atoms with Crippen molar-refractivity contribution in [1.29, 1.82) is 0 Å². The first-order valence-corrected chi connectivity index (χ1v) is 7.81. The molecule has 3 rings (SSSR count). The van der Waals surface area contributed by atoms with Gasteiger partial charge in [-0.2, -0.15) is 0 Å². The van der Waals surface area contributed by atoms with Gasteiger partial charge in [-0.3, -0.25) is 0 Å². The van der Waals surface area contributed by atoms with Crippen LogP contribution >= 0.6 is 0 Å². The van der Waals surface area contributed by atoms with Gasteiger partial charge in [0.1, 0.15) is 5.75 Å². The molecule has 1 aliphatic carbocycles. The summed E-state index contributed by atoms with van der Waals surface area (Å²) in [5.74, 6) is 1.85. The van der Waals surface area contributed by atoms with Gasteiger partial charge in [0.05, 0.1) is 7.11 Å². The first kappa shape index (κ1) is 14.4. The zero-order valence-corrected chi connectivity index (χ0v) is 12.6. The van der Waals surface area contributed by atoms with Crippen molar-refractivity contribution in [2.24, 2.45) is 11.7 Å². The SMILES string of the molecule is COc1ccc2cc(C(CN)NCCC3CC3)ccc2c1. The summed E-state index contributed by atoms with van der Waals surface area (Å²) in [6, 6.07) is 13.0. The van der Waals surface area contributed by atoms with Crippen molar-refractivity contribution in [3.05, 3.63) is 42.0 Å². The van der Waals surface area contributed by atoms with E-state index in [1.54, 1.807) is 7.11 Å². The zero-order valence-electron chi connectivity index (χ0n) is 12.6. The van der Waals surface area contributed by atoms with Gasteiger partial charge in [0.15, 0.2) is 0 Å². The van der Waals surface area contributed by atoms with Crippen molar-refractivity contribution in [2.45, 2.75) is 25.3 Å². The Morgan fingerprint density at radius 3 is 2.67 bits per heavy atom. The second-order valence-corrected chi connectivity index (χ2v) is 5.95. The minimum atomic E-state index is 0.246. The highest BCUT2D eigenvalue weighted by Crippen LogP contribution is 2.32. The predicted molar refractivity (Wildman–Crippen MR) is 87.6 cm³/mol. The number of ether oxygens (including phenoxy) is 1. The summed E-state index contributed by atoms with van der Waals surface area (Å²) in [7, 11) is 1.70. The number of methoxy groups -OCH3 is 1. The predicted octanol–water partition coefficient (Wildman–Crippen LogP) is 3.24. The Bertz CT molecular complexity index is 607. The Balaban J connectivity index is 1.74. The van der Waals surface area contributed by atoms with E-state index in [1.165, 1.54) is 35.6 Å². The summed E-state index contributed by atoms with van der Waals surface area (Å²) in [5, 5.41) is 6.03. The molecule has 3 heteroatoms. The molecule has 2 aromatic carbocycles. The summed E-state index contributed by atoms with van der Waals surface area (Å²) in [6.07, 6.45) is 4.10. The summed E-state index contributed by atoms with van der Waals surface area (Å²) in [6.45, 7) is 1.69. The molecule has 0 amide bonds. The number of fused-ring (bicyclic) bond motifs is 1. The Morgan fingerprint density at radius 1 is 1.19 bits per heavy atom. The normalized spacial score (nSPS) is 16.1. The Kier molecular flexibility index (Phi) is 4.42. The van der Waals surface area contributed by atoms with Gasteiger partial charge in [-0.05, 0) is 53.4 Å². The third kappa shape index (κ3) is 3.55. The molecular formula is C18H24N2O.